The van der Waals surface area contributed by atoms with Crippen LogP contribution in [0.25, 0.3) is 0 Å². The molecule has 0 radical (unpaired) electrons. The molecule has 106 valence electrons. The van der Waals surface area contributed by atoms with E-state index in [9.17, 15) is 0 Å². The van der Waals surface area contributed by atoms with E-state index in [-0.39, 0.29) is 0 Å². The summed E-state index contributed by atoms with van der Waals surface area (Å²) in [6.45, 7) is 10.0. The minimum Gasteiger partial charge on any atom is -0.374 e. The summed E-state index contributed by atoms with van der Waals surface area (Å²) in [6.07, 6.45) is 4.24. The molecule has 4 heteroatoms. The second-order valence-electron chi connectivity index (χ2n) is 5.73. The molecule has 2 fully saturated rings. The van der Waals surface area contributed by atoms with Gasteiger partial charge >= 0.3 is 0 Å². The Hall–Kier alpha value is -0.160. The normalized spacial score (nSPS) is 27.8. The minimum atomic E-state index is 0.408. The van der Waals surface area contributed by atoms with Gasteiger partial charge in [-0.2, -0.15) is 0 Å². The summed E-state index contributed by atoms with van der Waals surface area (Å²) in [5.41, 5.74) is 0. The number of piperidine rings is 1. The fourth-order valence-corrected chi connectivity index (χ4v) is 3.12. The van der Waals surface area contributed by atoms with Crippen molar-refractivity contribution in [1.82, 2.24) is 15.1 Å². The average molecular weight is 255 g/mol. The maximum Gasteiger partial charge on any atom is 0.0829 e. The van der Waals surface area contributed by atoms with Gasteiger partial charge in [-0.3, -0.25) is 4.90 Å². The zero-order valence-electron chi connectivity index (χ0n) is 12.0. The van der Waals surface area contributed by atoms with Crippen LogP contribution in [-0.2, 0) is 4.74 Å². The van der Waals surface area contributed by atoms with E-state index < -0.39 is 0 Å². The molecule has 2 aliphatic rings. The van der Waals surface area contributed by atoms with E-state index in [0.717, 1.165) is 32.3 Å². The Morgan fingerprint density at radius 2 is 2.11 bits per heavy atom. The molecule has 18 heavy (non-hydrogen) atoms. The van der Waals surface area contributed by atoms with Crippen LogP contribution in [0, 0.1) is 0 Å². The third-order valence-corrected chi connectivity index (χ3v) is 4.12. The fourth-order valence-electron chi connectivity index (χ4n) is 3.12. The van der Waals surface area contributed by atoms with Gasteiger partial charge in [0.1, 0.15) is 0 Å². The highest BCUT2D eigenvalue weighted by Crippen LogP contribution is 2.15. The lowest BCUT2D eigenvalue weighted by molar-refractivity contribution is -0.0432. The molecule has 2 rings (SSSR count). The molecule has 0 aromatic carbocycles. The first kappa shape index (κ1) is 14.3. The molecule has 0 aliphatic carbocycles. The Labute approximate surface area is 112 Å². The van der Waals surface area contributed by atoms with Gasteiger partial charge in [0.2, 0.25) is 0 Å². The van der Waals surface area contributed by atoms with Crippen LogP contribution >= 0.6 is 0 Å². The molecule has 0 saturated carbocycles. The predicted molar refractivity (Wildman–Crippen MR) is 75.0 cm³/mol. The summed E-state index contributed by atoms with van der Waals surface area (Å²) in [5, 5.41) is 3.46. The van der Waals surface area contributed by atoms with Crippen molar-refractivity contribution in [3.8, 4) is 0 Å². The number of nitrogens with zero attached hydrogens (tertiary/aromatic N) is 2. The van der Waals surface area contributed by atoms with Gasteiger partial charge < -0.3 is 15.0 Å². The molecule has 0 bridgehead atoms. The number of hydrogen-bond donors (Lipinski definition) is 1. The van der Waals surface area contributed by atoms with Gasteiger partial charge in [0.25, 0.3) is 0 Å². The first-order valence-electron chi connectivity index (χ1n) is 7.54. The number of rotatable bonds is 5. The van der Waals surface area contributed by atoms with Gasteiger partial charge in [0, 0.05) is 25.7 Å². The van der Waals surface area contributed by atoms with Crippen molar-refractivity contribution >= 4 is 0 Å². The van der Waals surface area contributed by atoms with Crippen LogP contribution in [0.5, 0.6) is 0 Å². The molecule has 1 atom stereocenters. The molecule has 1 unspecified atom stereocenters. The van der Waals surface area contributed by atoms with Crippen molar-refractivity contribution in [3.63, 3.8) is 0 Å². The highest BCUT2D eigenvalue weighted by Gasteiger charge is 2.25. The largest absolute Gasteiger partial charge is 0.374 e. The van der Waals surface area contributed by atoms with Crippen molar-refractivity contribution < 1.29 is 4.74 Å². The minimum absolute atomic E-state index is 0.408. The van der Waals surface area contributed by atoms with Crippen LogP contribution in [0.4, 0.5) is 0 Å². The standard InChI is InChI=1S/C14H29N3O/c1-3-8-17(13-4-6-15-7-5-13)12-14-11-16(2)9-10-18-14/h13-15H,3-12H2,1-2H3. The molecule has 2 saturated heterocycles. The van der Waals surface area contributed by atoms with E-state index in [1.807, 2.05) is 0 Å². The molecule has 0 amide bonds. The Kier molecular flexibility index (Phi) is 5.89. The summed E-state index contributed by atoms with van der Waals surface area (Å²) in [7, 11) is 2.20. The Balaban J connectivity index is 1.84. The second-order valence-corrected chi connectivity index (χ2v) is 5.73. The van der Waals surface area contributed by atoms with Crippen molar-refractivity contribution in [2.45, 2.75) is 38.3 Å². The molecule has 0 spiro atoms. The summed E-state index contributed by atoms with van der Waals surface area (Å²) in [5.74, 6) is 0. The number of morpholine rings is 1. The third kappa shape index (κ3) is 4.19. The summed E-state index contributed by atoms with van der Waals surface area (Å²) in [6, 6.07) is 0.766. The highest BCUT2D eigenvalue weighted by molar-refractivity contribution is 4.81. The maximum atomic E-state index is 5.92. The molecule has 0 aromatic heterocycles. The van der Waals surface area contributed by atoms with Gasteiger partial charge in [-0.1, -0.05) is 6.92 Å². The fraction of sp³-hybridized carbons (Fsp3) is 1.00. The average Bonchev–Trinajstić information content (AvgIpc) is 2.39. The second kappa shape index (κ2) is 7.43. The smallest absolute Gasteiger partial charge is 0.0829 e. The van der Waals surface area contributed by atoms with Crippen molar-refractivity contribution in [1.29, 1.82) is 0 Å². The van der Waals surface area contributed by atoms with Crippen LogP contribution in [0.15, 0.2) is 0 Å². The number of nitrogens with one attached hydrogen (secondary N) is 1. The van der Waals surface area contributed by atoms with Crippen LogP contribution in [0.1, 0.15) is 26.2 Å². The van der Waals surface area contributed by atoms with E-state index in [0.29, 0.717) is 6.10 Å². The molecule has 0 aromatic rings. The first-order valence-corrected chi connectivity index (χ1v) is 7.54. The first-order chi connectivity index (χ1) is 8.79. The zero-order valence-corrected chi connectivity index (χ0v) is 12.0. The Morgan fingerprint density at radius 1 is 1.33 bits per heavy atom. The maximum absolute atomic E-state index is 5.92. The quantitative estimate of drug-likeness (QED) is 0.786. The van der Waals surface area contributed by atoms with Gasteiger partial charge in [0.05, 0.1) is 12.7 Å². The molecular formula is C14H29N3O. The van der Waals surface area contributed by atoms with E-state index in [4.69, 9.17) is 4.74 Å². The zero-order chi connectivity index (χ0) is 12.8. The predicted octanol–water partition coefficient (Wildman–Crippen LogP) is 0.781. The lowest BCUT2D eigenvalue weighted by Gasteiger charge is -2.39. The van der Waals surface area contributed by atoms with Crippen LogP contribution in [-0.4, -0.2) is 74.9 Å². The third-order valence-electron chi connectivity index (χ3n) is 4.12. The Bertz CT molecular complexity index is 231. The Morgan fingerprint density at radius 3 is 2.78 bits per heavy atom. The van der Waals surface area contributed by atoms with Gasteiger partial charge in [-0.05, 0) is 45.9 Å². The van der Waals surface area contributed by atoms with E-state index in [1.165, 1.54) is 38.9 Å². The molecule has 2 aliphatic heterocycles. The van der Waals surface area contributed by atoms with Crippen molar-refractivity contribution in [3.05, 3.63) is 0 Å². The van der Waals surface area contributed by atoms with Crippen molar-refractivity contribution in [2.24, 2.45) is 0 Å². The SMILES string of the molecule is CCCN(CC1CN(C)CCO1)C1CCNCC1. The molecule has 4 nitrogen and oxygen atoms in total. The molecular weight excluding hydrogens is 226 g/mol. The summed E-state index contributed by atoms with van der Waals surface area (Å²) < 4.78 is 5.92. The number of likely N-dealkylation sites (N-methyl/N-ethyl adjacent to an activating group) is 1. The summed E-state index contributed by atoms with van der Waals surface area (Å²) >= 11 is 0. The lowest BCUT2D eigenvalue weighted by atomic mass is 10.0. The van der Waals surface area contributed by atoms with Crippen LogP contribution < -0.4 is 5.32 Å². The highest BCUT2D eigenvalue weighted by atomic mass is 16.5. The topological polar surface area (TPSA) is 27.7 Å². The summed E-state index contributed by atoms with van der Waals surface area (Å²) in [4.78, 5) is 5.06. The van der Waals surface area contributed by atoms with Gasteiger partial charge in [0.15, 0.2) is 0 Å². The van der Waals surface area contributed by atoms with Crippen LogP contribution in [0.2, 0.25) is 0 Å². The lowest BCUT2D eigenvalue weighted by Crippen LogP contribution is -2.50. The number of ether oxygens (including phenoxy) is 1. The van der Waals surface area contributed by atoms with E-state index in [2.05, 4.69) is 29.1 Å². The monoisotopic (exact) mass is 255 g/mol. The van der Waals surface area contributed by atoms with Crippen LogP contribution in [0.3, 0.4) is 0 Å². The van der Waals surface area contributed by atoms with Gasteiger partial charge in [-0.15, -0.1) is 0 Å². The van der Waals surface area contributed by atoms with E-state index in [1.54, 1.807) is 0 Å². The molecule has 2 heterocycles. The van der Waals surface area contributed by atoms with Gasteiger partial charge in [-0.25, -0.2) is 0 Å². The number of hydrogen-bond acceptors (Lipinski definition) is 4. The van der Waals surface area contributed by atoms with Crippen molar-refractivity contribution in [2.75, 3.05) is 52.9 Å². The van der Waals surface area contributed by atoms with E-state index >= 15 is 0 Å². The molecule has 1 N–H and O–H groups in total.